The van der Waals surface area contributed by atoms with Gasteiger partial charge >= 0.3 is 0 Å². The van der Waals surface area contributed by atoms with Crippen LogP contribution in [0.25, 0.3) is 0 Å². The van der Waals surface area contributed by atoms with Gasteiger partial charge in [0, 0.05) is 45.0 Å². The van der Waals surface area contributed by atoms with E-state index in [1.807, 2.05) is 17.9 Å². The van der Waals surface area contributed by atoms with Gasteiger partial charge in [0.05, 0.1) is 6.20 Å². The van der Waals surface area contributed by atoms with Gasteiger partial charge in [-0.15, -0.1) is 0 Å². The molecule has 4 heteroatoms. The Hall–Kier alpha value is -0.870. The summed E-state index contributed by atoms with van der Waals surface area (Å²) < 4.78 is 1.89. The van der Waals surface area contributed by atoms with Crippen LogP contribution in [0.3, 0.4) is 0 Å². The lowest BCUT2D eigenvalue weighted by molar-refractivity contribution is 0.138. The Morgan fingerprint density at radius 3 is 3.00 bits per heavy atom. The van der Waals surface area contributed by atoms with Crippen LogP contribution in [0, 0.1) is 0 Å². The number of hydrogen-bond donors (Lipinski definition) is 1. The number of hydrogen-bond acceptors (Lipinski definition) is 3. The summed E-state index contributed by atoms with van der Waals surface area (Å²) in [6.45, 7) is 8.04. The molecular weight excluding hydrogens is 224 g/mol. The molecule has 102 valence electrons. The molecule has 1 fully saturated rings. The predicted octanol–water partition coefficient (Wildman–Crippen LogP) is 1.43. The summed E-state index contributed by atoms with van der Waals surface area (Å²) in [6, 6.07) is 1.33. The second-order valence-electron chi connectivity index (χ2n) is 5.51. The first-order chi connectivity index (χ1) is 8.69. The average molecular weight is 250 g/mol. The fourth-order valence-electron chi connectivity index (χ4n) is 2.72. The Balaban J connectivity index is 1.82. The molecule has 0 amide bonds. The van der Waals surface area contributed by atoms with Crippen molar-refractivity contribution in [2.75, 3.05) is 19.6 Å². The molecule has 18 heavy (non-hydrogen) atoms. The van der Waals surface area contributed by atoms with Crippen molar-refractivity contribution < 1.29 is 0 Å². The third-order valence-electron chi connectivity index (χ3n) is 3.86. The van der Waals surface area contributed by atoms with E-state index in [4.69, 9.17) is 0 Å². The monoisotopic (exact) mass is 250 g/mol. The van der Waals surface area contributed by atoms with Crippen molar-refractivity contribution in [3.63, 3.8) is 0 Å². The summed E-state index contributed by atoms with van der Waals surface area (Å²) in [5, 5.41) is 7.87. The van der Waals surface area contributed by atoms with Gasteiger partial charge in [0.15, 0.2) is 0 Å². The first kappa shape index (κ1) is 13.6. The number of rotatable bonds is 5. The Kier molecular flexibility index (Phi) is 4.78. The number of aromatic nitrogens is 2. The molecule has 0 aliphatic carbocycles. The van der Waals surface area contributed by atoms with Crippen LogP contribution in [0.15, 0.2) is 12.4 Å². The molecule has 0 saturated carbocycles. The maximum absolute atomic E-state index is 4.23. The summed E-state index contributed by atoms with van der Waals surface area (Å²) in [7, 11) is 1.98. The molecule has 1 aliphatic heterocycles. The molecule has 2 unspecified atom stereocenters. The van der Waals surface area contributed by atoms with E-state index in [0.717, 1.165) is 19.5 Å². The first-order valence-electron chi connectivity index (χ1n) is 7.14. The van der Waals surface area contributed by atoms with Crippen LogP contribution in [0.4, 0.5) is 0 Å². The molecule has 1 saturated heterocycles. The number of nitrogens with one attached hydrogen (secondary N) is 1. The van der Waals surface area contributed by atoms with E-state index in [9.17, 15) is 0 Å². The molecule has 1 aliphatic rings. The second-order valence-corrected chi connectivity index (χ2v) is 5.51. The molecule has 1 N–H and O–H groups in total. The third-order valence-corrected chi connectivity index (χ3v) is 3.86. The van der Waals surface area contributed by atoms with Gasteiger partial charge in [-0.05, 0) is 25.3 Å². The van der Waals surface area contributed by atoms with Crippen molar-refractivity contribution in [3.05, 3.63) is 18.0 Å². The normalized spacial score (nSPS) is 25.5. The maximum atomic E-state index is 4.23. The zero-order valence-corrected chi connectivity index (χ0v) is 11.9. The van der Waals surface area contributed by atoms with Crippen molar-refractivity contribution in [1.82, 2.24) is 20.0 Å². The van der Waals surface area contributed by atoms with Crippen molar-refractivity contribution >= 4 is 0 Å². The third kappa shape index (κ3) is 3.56. The van der Waals surface area contributed by atoms with Gasteiger partial charge in [-0.1, -0.05) is 13.3 Å². The summed E-state index contributed by atoms with van der Waals surface area (Å²) in [5.41, 5.74) is 1.34. The van der Waals surface area contributed by atoms with Gasteiger partial charge < -0.3 is 5.32 Å². The van der Waals surface area contributed by atoms with Crippen LogP contribution in [-0.2, 0) is 13.5 Å². The molecule has 4 nitrogen and oxygen atoms in total. The lowest BCUT2D eigenvalue weighted by atomic mass is 10.1. The number of aryl methyl sites for hydroxylation is 1. The van der Waals surface area contributed by atoms with Crippen molar-refractivity contribution in [2.24, 2.45) is 7.05 Å². The van der Waals surface area contributed by atoms with Crippen LogP contribution < -0.4 is 5.32 Å². The van der Waals surface area contributed by atoms with Crippen LogP contribution in [0.1, 0.15) is 32.3 Å². The summed E-state index contributed by atoms with van der Waals surface area (Å²) in [4.78, 5) is 2.61. The molecule has 1 aromatic rings. The molecular formula is C14H26N4. The molecule has 2 heterocycles. The number of nitrogens with zero attached hydrogens (tertiary/aromatic N) is 3. The summed E-state index contributed by atoms with van der Waals surface area (Å²) >= 11 is 0. The second kappa shape index (κ2) is 6.34. The first-order valence-corrected chi connectivity index (χ1v) is 7.14. The molecule has 2 rings (SSSR count). The van der Waals surface area contributed by atoms with Crippen LogP contribution in [-0.4, -0.2) is 46.4 Å². The van der Waals surface area contributed by atoms with E-state index >= 15 is 0 Å². The van der Waals surface area contributed by atoms with Crippen molar-refractivity contribution in [3.8, 4) is 0 Å². The van der Waals surface area contributed by atoms with Gasteiger partial charge in [-0.2, -0.15) is 5.10 Å². The Bertz CT molecular complexity index is 360. The molecule has 0 bridgehead atoms. The van der Waals surface area contributed by atoms with E-state index in [0.29, 0.717) is 12.1 Å². The smallest absolute Gasteiger partial charge is 0.0522 e. The van der Waals surface area contributed by atoms with Crippen LogP contribution in [0.5, 0.6) is 0 Å². The maximum Gasteiger partial charge on any atom is 0.0522 e. The van der Waals surface area contributed by atoms with Gasteiger partial charge in [-0.3, -0.25) is 9.58 Å². The minimum absolute atomic E-state index is 0.648. The van der Waals surface area contributed by atoms with Crippen molar-refractivity contribution in [2.45, 2.75) is 45.2 Å². The highest BCUT2D eigenvalue weighted by Gasteiger charge is 2.23. The van der Waals surface area contributed by atoms with Crippen LogP contribution >= 0.6 is 0 Å². The van der Waals surface area contributed by atoms with Gasteiger partial charge in [-0.25, -0.2) is 0 Å². The summed E-state index contributed by atoms with van der Waals surface area (Å²) in [6.07, 6.45) is 7.77. The minimum Gasteiger partial charge on any atom is -0.311 e. The van der Waals surface area contributed by atoms with Crippen LogP contribution in [0.2, 0.25) is 0 Å². The van der Waals surface area contributed by atoms with E-state index in [2.05, 4.69) is 35.4 Å². The van der Waals surface area contributed by atoms with Gasteiger partial charge in [0.2, 0.25) is 0 Å². The quantitative estimate of drug-likeness (QED) is 0.858. The zero-order chi connectivity index (χ0) is 13.0. The zero-order valence-electron chi connectivity index (χ0n) is 11.9. The van der Waals surface area contributed by atoms with E-state index < -0.39 is 0 Å². The minimum atomic E-state index is 0.648. The SMILES string of the molecule is CCCC1CN(CCc2cnn(C)c2)C(C)CN1. The Morgan fingerprint density at radius 1 is 1.50 bits per heavy atom. The number of piperazine rings is 1. The largest absolute Gasteiger partial charge is 0.311 e. The lowest BCUT2D eigenvalue weighted by Gasteiger charge is -2.38. The molecule has 2 atom stereocenters. The molecule has 0 spiro atoms. The molecule has 0 aromatic carbocycles. The predicted molar refractivity (Wildman–Crippen MR) is 74.6 cm³/mol. The topological polar surface area (TPSA) is 33.1 Å². The fraction of sp³-hybridized carbons (Fsp3) is 0.786. The highest BCUT2D eigenvalue weighted by molar-refractivity contribution is 5.04. The molecule has 1 aromatic heterocycles. The highest BCUT2D eigenvalue weighted by Crippen LogP contribution is 2.11. The summed E-state index contributed by atoms with van der Waals surface area (Å²) in [5.74, 6) is 0. The van der Waals surface area contributed by atoms with E-state index in [1.165, 1.54) is 24.9 Å². The van der Waals surface area contributed by atoms with Crippen molar-refractivity contribution in [1.29, 1.82) is 0 Å². The van der Waals surface area contributed by atoms with Gasteiger partial charge in [0.1, 0.15) is 0 Å². The average Bonchev–Trinajstić information content (AvgIpc) is 2.76. The lowest BCUT2D eigenvalue weighted by Crippen LogP contribution is -2.55. The van der Waals surface area contributed by atoms with E-state index in [1.54, 1.807) is 0 Å². The Morgan fingerprint density at radius 2 is 2.33 bits per heavy atom. The highest BCUT2D eigenvalue weighted by atomic mass is 15.2. The Labute approximate surface area is 110 Å². The standard InChI is InChI=1S/C14H26N4/c1-4-5-14-11-18(12(2)8-15-14)7-6-13-9-16-17(3)10-13/h9-10,12,14-15H,4-8,11H2,1-3H3. The fourth-order valence-corrected chi connectivity index (χ4v) is 2.72. The molecule has 0 radical (unpaired) electrons. The van der Waals surface area contributed by atoms with E-state index in [-0.39, 0.29) is 0 Å². The van der Waals surface area contributed by atoms with Gasteiger partial charge in [0.25, 0.3) is 0 Å².